The molecular weight excluding hydrogens is 200 g/mol. The topological polar surface area (TPSA) is 42.0 Å². The largest absolute Gasteiger partial charge is 0.350 e. The summed E-state index contributed by atoms with van der Waals surface area (Å²) in [5, 5.41) is 3.14. The number of amides is 1. The van der Waals surface area contributed by atoms with Crippen molar-refractivity contribution >= 4 is 5.91 Å². The normalized spacial score (nSPS) is 24.8. The number of nitrogens with one attached hydrogen (secondary N) is 1. The zero-order valence-corrected chi connectivity index (χ0v) is 9.86. The van der Waals surface area contributed by atoms with Gasteiger partial charge >= 0.3 is 0 Å². The van der Waals surface area contributed by atoms with E-state index in [9.17, 15) is 4.79 Å². The van der Waals surface area contributed by atoms with Crippen LogP contribution in [0.2, 0.25) is 0 Å². The average molecular weight is 218 g/mol. The van der Waals surface area contributed by atoms with E-state index in [1.807, 2.05) is 18.2 Å². The van der Waals surface area contributed by atoms with Gasteiger partial charge in [-0.15, -0.1) is 0 Å². The second-order valence-corrected chi connectivity index (χ2v) is 4.86. The van der Waals surface area contributed by atoms with Gasteiger partial charge in [0, 0.05) is 30.3 Å². The first-order valence-corrected chi connectivity index (χ1v) is 5.83. The molecule has 3 heteroatoms. The third-order valence-corrected chi connectivity index (χ3v) is 3.51. The van der Waals surface area contributed by atoms with Gasteiger partial charge < -0.3 is 5.32 Å². The number of carbonyl (C=O) groups excluding carboxylic acids is 1. The highest BCUT2D eigenvalue weighted by Crippen LogP contribution is 2.31. The fourth-order valence-electron chi connectivity index (χ4n) is 2.33. The first kappa shape index (κ1) is 11.1. The molecule has 0 spiro atoms. The van der Waals surface area contributed by atoms with Crippen LogP contribution in [0, 0.1) is 5.92 Å². The molecule has 0 aromatic carbocycles. The molecule has 1 saturated heterocycles. The van der Waals surface area contributed by atoms with E-state index in [4.69, 9.17) is 0 Å². The molecule has 86 valence electrons. The summed E-state index contributed by atoms with van der Waals surface area (Å²) in [4.78, 5) is 15.8. The highest BCUT2D eigenvalue weighted by Gasteiger charge is 2.40. The van der Waals surface area contributed by atoms with Gasteiger partial charge in [0.1, 0.15) is 0 Å². The Balaban J connectivity index is 2.19. The maximum atomic E-state index is 11.4. The average Bonchev–Trinajstić information content (AvgIpc) is 2.63. The minimum absolute atomic E-state index is 0.0918. The molecule has 16 heavy (non-hydrogen) atoms. The van der Waals surface area contributed by atoms with Crippen LogP contribution in [-0.2, 0) is 11.2 Å². The Bertz CT molecular complexity index is 375. The van der Waals surface area contributed by atoms with E-state index in [1.165, 1.54) is 0 Å². The summed E-state index contributed by atoms with van der Waals surface area (Å²) in [7, 11) is 0. The van der Waals surface area contributed by atoms with Crippen molar-refractivity contribution in [3.63, 3.8) is 0 Å². The predicted octanol–water partition coefficient (Wildman–Crippen LogP) is 1.93. The third kappa shape index (κ3) is 2.08. The summed E-state index contributed by atoms with van der Waals surface area (Å²) in [5.74, 6) is 0.602. The van der Waals surface area contributed by atoms with Crippen LogP contribution in [0.3, 0.4) is 0 Å². The van der Waals surface area contributed by atoms with Gasteiger partial charge in [-0.25, -0.2) is 0 Å². The molecule has 1 amide bonds. The molecule has 1 fully saturated rings. The van der Waals surface area contributed by atoms with Crippen molar-refractivity contribution in [1.29, 1.82) is 0 Å². The van der Waals surface area contributed by atoms with Crippen molar-refractivity contribution in [1.82, 2.24) is 10.3 Å². The van der Waals surface area contributed by atoms with Gasteiger partial charge in [0.25, 0.3) is 0 Å². The zero-order chi connectivity index (χ0) is 11.6. The molecule has 0 aliphatic carbocycles. The lowest BCUT2D eigenvalue weighted by molar-refractivity contribution is -0.120. The van der Waals surface area contributed by atoms with Gasteiger partial charge in [0.05, 0.1) is 0 Å². The second-order valence-electron chi connectivity index (χ2n) is 4.86. The Kier molecular flexibility index (Phi) is 2.95. The van der Waals surface area contributed by atoms with Crippen molar-refractivity contribution in [2.45, 2.75) is 38.6 Å². The molecule has 0 saturated carbocycles. The van der Waals surface area contributed by atoms with Crippen LogP contribution in [0.1, 0.15) is 32.4 Å². The molecule has 2 heterocycles. The molecule has 1 aromatic heterocycles. The standard InChI is InChI=1S/C13H18N2O/c1-10(2)13(7-6-12(16)15-13)9-11-5-3-4-8-14-11/h3-5,8,10H,6-7,9H2,1-2H3,(H,15,16). The fourth-order valence-corrected chi connectivity index (χ4v) is 2.33. The monoisotopic (exact) mass is 218 g/mol. The van der Waals surface area contributed by atoms with Crippen LogP contribution in [0.25, 0.3) is 0 Å². The lowest BCUT2D eigenvalue weighted by Crippen LogP contribution is -2.48. The van der Waals surface area contributed by atoms with E-state index >= 15 is 0 Å². The second kappa shape index (κ2) is 4.24. The Morgan fingerprint density at radius 1 is 1.50 bits per heavy atom. The van der Waals surface area contributed by atoms with Crippen molar-refractivity contribution in [2.24, 2.45) is 5.92 Å². The number of pyridine rings is 1. The van der Waals surface area contributed by atoms with E-state index in [-0.39, 0.29) is 11.4 Å². The number of aromatic nitrogens is 1. The van der Waals surface area contributed by atoms with Crippen molar-refractivity contribution in [3.05, 3.63) is 30.1 Å². The van der Waals surface area contributed by atoms with Crippen molar-refractivity contribution in [3.8, 4) is 0 Å². The van der Waals surface area contributed by atoms with Crippen molar-refractivity contribution < 1.29 is 4.79 Å². The number of carbonyl (C=O) groups is 1. The van der Waals surface area contributed by atoms with E-state index in [0.717, 1.165) is 18.5 Å². The van der Waals surface area contributed by atoms with Crippen LogP contribution >= 0.6 is 0 Å². The van der Waals surface area contributed by atoms with Crippen LogP contribution in [0.15, 0.2) is 24.4 Å². The molecule has 1 N–H and O–H groups in total. The minimum Gasteiger partial charge on any atom is -0.350 e. The number of nitrogens with zero attached hydrogens (tertiary/aromatic N) is 1. The number of rotatable bonds is 3. The van der Waals surface area contributed by atoms with Crippen LogP contribution in [0.5, 0.6) is 0 Å². The summed E-state index contributed by atoms with van der Waals surface area (Å²) in [6, 6.07) is 5.93. The van der Waals surface area contributed by atoms with Crippen molar-refractivity contribution in [2.75, 3.05) is 0 Å². The molecule has 1 aliphatic rings. The summed E-state index contributed by atoms with van der Waals surface area (Å²) in [6.07, 6.45) is 4.20. The Morgan fingerprint density at radius 2 is 2.31 bits per heavy atom. The first-order chi connectivity index (χ1) is 7.62. The van der Waals surface area contributed by atoms with Crippen LogP contribution in [-0.4, -0.2) is 16.4 Å². The Morgan fingerprint density at radius 3 is 2.81 bits per heavy atom. The molecule has 1 aromatic rings. The quantitative estimate of drug-likeness (QED) is 0.842. The Labute approximate surface area is 96.3 Å². The molecular formula is C13H18N2O. The zero-order valence-electron chi connectivity index (χ0n) is 9.86. The first-order valence-electron chi connectivity index (χ1n) is 5.83. The van der Waals surface area contributed by atoms with Gasteiger partial charge in [-0.1, -0.05) is 19.9 Å². The third-order valence-electron chi connectivity index (χ3n) is 3.51. The summed E-state index contributed by atoms with van der Waals surface area (Å²) in [5.41, 5.74) is 0.962. The summed E-state index contributed by atoms with van der Waals surface area (Å²) >= 11 is 0. The van der Waals surface area contributed by atoms with Gasteiger partial charge in [-0.3, -0.25) is 9.78 Å². The maximum Gasteiger partial charge on any atom is 0.220 e. The molecule has 3 nitrogen and oxygen atoms in total. The molecule has 1 atom stereocenters. The summed E-state index contributed by atoms with van der Waals surface area (Å²) < 4.78 is 0. The Hall–Kier alpha value is -1.38. The van der Waals surface area contributed by atoms with Gasteiger partial charge in [0.15, 0.2) is 0 Å². The summed E-state index contributed by atoms with van der Waals surface area (Å²) in [6.45, 7) is 4.32. The molecule has 2 rings (SSSR count). The van der Waals surface area contributed by atoms with E-state index in [1.54, 1.807) is 6.20 Å². The lowest BCUT2D eigenvalue weighted by Gasteiger charge is -2.33. The predicted molar refractivity (Wildman–Crippen MR) is 62.9 cm³/mol. The number of hydrogen-bond donors (Lipinski definition) is 1. The molecule has 0 radical (unpaired) electrons. The lowest BCUT2D eigenvalue weighted by atomic mass is 9.81. The van der Waals surface area contributed by atoms with E-state index in [0.29, 0.717) is 12.3 Å². The smallest absolute Gasteiger partial charge is 0.220 e. The molecule has 1 aliphatic heterocycles. The highest BCUT2D eigenvalue weighted by molar-refractivity contribution is 5.79. The highest BCUT2D eigenvalue weighted by atomic mass is 16.2. The molecule has 1 unspecified atom stereocenters. The van der Waals surface area contributed by atoms with Crippen LogP contribution in [0.4, 0.5) is 0 Å². The van der Waals surface area contributed by atoms with Crippen LogP contribution < -0.4 is 5.32 Å². The molecule has 0 bridgehead atoms. The SMILES string of the molecule is CC(C)C1(Cc2ccccn2)CCC(=O)N1. The maximum absolute atomic E-state index is 11.4. The van der Waals surface area contributed by atoms with Gasteiger partial charge in [-0.05, 0) is 24.5 Å². The minimum atomic E-state index is -0.0918. The van der Waals surface area contributed by atoms with E-state index < -0.39 is 0 Å². The van der Waals surface area contributed by atoms with Gasteiger partial charge in [0.2, 0.25) is 5.91 Å². The number of hydrogen-bond acceptors (Lipinski definition) is 2. The fraction of sp³-hybridized carbons (Fsp3) is 0.538. The van der Waals surface area contributed by atoms with E-state index in [2.05, 4.69) is 24.1 Å². The van der Waals surface area contributed by atoms with Gasteiger partial charge in [-0.2, -0.15) is 0 Å².